The molecule has 0 saturated carbocycles. The molecule has 108 valence electrons. The van der Waals surface area contributed by atoms with Gasteiger partial charge in [-0.25, -0.2) is 4.79 Å². The number of phenolic OH excluding ortho intramolecular Hbond substituents is 1. The number of aromatic hydroxyl groups is 1. The number of nitrogens with two attached hydrogens (primary N) is 2. The standard InChI is InChI=1S/C14H12ClN3O3/c15-9-4-5-12(19)11(7-9)18(14(17)21)10-3-1-2-8(6-10)13(16)20/h1-7,19H,(H2,16,20)(H2,17,21). The number of hydrogen-bond acceptors (Lipinski definition) is 3. The fourth-order valence-electron chi connectivity index (χ4n) is 1.86. The molecule has 0 aliphatic rings. The fourth-order valence-corrected chi connectivity index (χ4v) is 2.03. The smallest absolute Gasteiger partial charge is 0.324 e. The highest BCUT2D eigenvalue weighted by Gasteiger charge is 2.19. The highest BCUT2D eigenvalue weighted by molar-refractivity contribution is 6.31. The molecule has 2 aromatic rings. The summed E-state index contributed by atoms with van der Waals surface area (Å²) < 4.78 is 0. The molecular weight excluding hydrogens is 294 g/mol. The van der Waals surface area contributed by atoms with E-state index in [0.29, 0.717) is 5.02 Å². The quantitative estimate of drug-likeness (QED) is 0.809. The molecule has 0 bridgehead atoms. The van der Waals surface area contributed by atoms with Crippen molar-refractivity contribution in [2.75, 3.05) is 4.90 Å². The van der Waals surface area contributed by atoms with Crippen molar-refractivity contribution < 1.29 is 14.7 Å². The van der Waals surface area contributed by atoms with Crippen LogP contribution in [0.15, 0.2) is 42.5 Å². The van der Waals surface area contributed by atoms with Crippen molar-refractivity contribution in [1.29, 1.82) is 0 Å². The Labute approximate surface area is 125 Å². The molecule has 0 radical (unpaired) electrons. The Balaban J connectivity index is 2.59. The summed E-state index contributed by atoms with van der Waals surface area (Å²) in [5, 5.41) is 10.2. The van der Waals surface area contributed by atoms with E-state index in [1.165, 1.54) is 30.3 Å². The van der Waals surface area contributed by atoms with Gasteiger partial charge in [-0.3, -0.25) is 9.69 Å². The zero-order valence-corrected chi connectivity index (χ0v) is 11.5. The number of primary amides is 2. The van der Waals surface area contributed by atoms with Gasteiger partial charge in [0.25, 0.3) is 0 Å². The van der Waals surface area contributed by atoms with Crippen LogP contribution in [0.4, 0.5) is 16.2 Å². The van der Waals surface area contributed by atoms with Gasteiger partial charge in [0.1, 0.15) is 5.75 Å². The summed E-state index contributed by atoms with van der Waals surface area (Å²) in [6, 6.07) is 9.36. The summed E-state index contributed by atoms with van der Waals surface area (Å²) in [5.41, 5.74) is 11.2. The van der Waals surface area contributed by atoms with Crippen molar-refractivity contribution in [3.63, 3.8) is 0 Å². The third kappa shape index (κ3) is 3.06. The van der Waals surface area contributed by atoms with E-state index < -0.39 is 11.9 Å². The highest BCUT2D eigenvalue weighted by Crippen LogP contribution is 2.35. The summed E-state index contributed by atoms with van der Waals surface area (Å²) in [6.45, 7) is 0. The number of benzene rings is 2. The van der Waals surface area contributed by atoms with Crippen molar-refractivity contribution in [3.8, 4) is 5.75 Å². The van der Waals surface area contributed by atoms with Crippen molar-refractivity contribution in [2.24, 2.45) is 11.5 Å². The number of anilines is 2. The molecule has 0 atom stereocenters. The van der Waals surface area contributed by atoms with Crippen molar-refractivity contribution in [3.05, 3.63) is 53.1 Å². The molecule has 0 aromatic heterocycles. The summed E-state index contributed by atoms with van der Waals surface area (Å²) in [7, 11) is 0. The van der Waals surface area contributed by atoms with Gasteiger partial charge in [-0.05, 0) is 36.4 Å². The summed E-state index contributed by atoms with van der Waals surface area (Å²) in [5.74, 6) is -0.820. The summed E-state index contributed by atoms with van der Waals surface area (Å²) >= 11 is 5.87. The monoisotopic (exact) mass is 305 g/mol. The first kappa shape index (κ1) is 14.7. The molecule has 0 aliphatic heterocycles. The summed E-state index contributed by atoms with van der Waals surface area (Å²) in [4.78, 5) is 24.0. The topological polar surface area (TPSA) is 110 Å². The van der Waals surface area contributed by atoms with Crippen LogP contribution in [0.2, 0.25) is 5.02 Å². The van der Waals surface area contributed by atoms with Gasteiger partial charge in [0.2, 0.25) is 5.91 Å². The number of halogens is 1. The molecule has 2 aromatic carbocycles. The predicted octanol–water partition coefficient (Wildman–Crippen LogP) is 2.36. The Morgan fingerprint density at radius 3 is 2.43 bits per heavy atom. The number of rotatable bonds is 3. The van der Waals surface area contributed by atoms with Gasteiger partial charge in [0.15, 0.2) is 0 Å². The van der Waals surface area contributed by atoms with Gasteiger partial charge in [-0.2, -0.15) is 0 Å². The van der Waals surface area contributed by atoms with Crippen LogP contribution in [0.25, 0.3) is 0 Å². The SMILES string of the molecule is NC(=O)c1cccc(N(C(N)=O)c2cc(Cl)ccc2O)c1. The number of urea groups is 1. The van der Waals surface area contributed by atoms with Gasteiger partial charge in [0.05, 0.1) is 11.4 Å². The predicted molar refractivity (Wildman–Crippen MR) is 79.8 cm³/mol. The second-order valence-electron chi connectivity index (χ2n) is 4.22. The minimum Gasteiger partial charge on any atom is -0.506 e. The van der Waals surface area contributed by atoms with E-state index in [9.17, 15) is 14.7 Å². The van der Waals surface area contributed by atoms with Crippen LogP contribution in [0.5, 0.6) is 5.75 Å². The normalized spacial score (nSPS) is 10.1. The second-order valence-corrected chi connectivity index (χ2v) is 4.66. The first-order valence-corrected chi connectivity index (χ1v) is 6.26. The van der Waals surface area contributed by atoms with Crippen LogP contribution in [-0.2, 0) is 0 Å². The largest absolute Gasteiger partial charge is 0.506 e. The third-order valence-corrected chi connectivity index (χ3v) is 3.02. The molecule has 0 saturated heterocycles. The van der Waals surface area contributed by atoms with Gasteiger partial charge in [0, 0.05) is 10.6 Å². The fraction of sp³-hybridized carbons (Fsp3) is 0. The van der Waals surface area contributed by atoms with Crippen LogP contribution in [0.1, 0.15) is 10.4 Å². The zero-order valence-electron chi connectivity index (χ0n) is 10.8. The minimum atomic E-state index is -0.839. The number of phenols is 1. The second kappa shape index (κ2) is 5.72. The molecule has 5 N–H and O–H groups in total. The number of carbonyl (C=O) groups excluding carboxylic acids is 2. The van der Waals surface area contributed by atoms with Gasteiger partial charge in [-0.15, -0.1) is 0 Å². The van der Waals surface area contributed by atoms with Crippen molar-refractivity contribution >= 4 is 34.9 Å². The molecule has 0 aliphatic carbocycles. The molecule has 0 spiro atoms. The maximum atomic E-state index is 11.7. The third-order valence-electron chi connectivity index (χ3n) is 2.79. The Bertz CT molecular complexity index is 718. The van der Waals surface area contributed by atoms with E-state index in [2.05, 4.69) is 0 Å². The molecule has 6 nitrogen and oxygen atoms in total. The minimum absolute atomic E-state index is 0.108. The highest BCUT2D eigenvalue weighted by atomic mass is 35.5. The molecule has 2 rings (SSSR count). The Morgan fingerprint density at radius 2 is 1.81 bits per heavy atom. The lowest BCUT2D eigenvalue weighted by Gasteiger charge is -2.22. The maximum Gasteiger partial charge on any atom is 0.324 e. The Kier molecular flexibility index (Phi) is 4.00. The Morgan fingerprint density at radius 1 is 1.10 bits per heavy atom. The molecule has 0 fully saturated rings. The van der Waals surface area contributed by atoms with Crippen LogP contribution in [0, 0.1) is 0 Å². The number of carbonyl (C=O) groups is 2. The van der Waals surface area contributed by atoms with Crippen LogP contribution >= 0.6 is 11.6 Å². The lowest BCUT2D eigenvalue weighted by atomic mass is 10.1. The number of hydrogen-bond donors (Lipinski definition) is 3. The van der Waals surface area contributed by atoms with E-state index in [0.717, 1.165) is 4.90 Å². The van der Waals surface area contributed by atoms with E-state index in [4.69, 9.17) is 23.1 Å². The average Bonchev–Trinajstić information content (AvgIpc) is 2.43. The zero-order chi connectivity index (χ0) is 15.6. The molecule has 3 amide bonds. The van der Waals surface area contributed by atoms with Crippen molar-refractivity contribution in [2.45, 2.75) is 0 Å². The van der Waals surface area contributed by atoms with Crippen LogP contribution in [-0.4, -0.2) is 17.0 Å². The number of amides is 3. The lowest BCUT2D eigenvalue weighted by molar-refractivity contribution is 0.1000. The van der Waals surface area contributed by atoms with Gasteiger partial charge < -0.3 is 16.6 Å². The first-order chi connectivity index (χ1) is 9.90. The van der Waals surface area contributed by atoms with Crippen molar-refractivity contribution in [1.82, 2.24) is 0 Å². The van der Waals surface area contributed by atoms with E-state index in [1.54, 1.807) is 12.1 Å². The molecule has 0 heterocycles. The molecule has 21 heavy (non-hydrogen) atoms. The van der Waals surface area contributed by atoms with Crippen LogP contribution < -0.4 is 16.4 Å². The summed E-state index contributed by atoms with van der Waals surface area (Å²) in [6.07, 6.45) is 0. The number of nitrogens with zero attached hydrogens (tertiary/aromatic N) is 1. The van der Waals surface area contributed by atoms with Gasteiger partial charge >= 0.3 is 6.03 Å². The maximum absolute atomic E-state index is 11.7. The van der Waals surface area contributed by atoms with E-state index in [-0.39, 0.29) is 22.7 Å². The molecule has 0 unspecified atom stereocenters. The Hall–Kier alpha value is -2.73. The first-order valence-electron chi connectivity index (χ1n) is 5.88. The average molecular weight is 306 g/mol. The van der Waals surface area contributed by atoms with E-state index >= 15 is 0 Å². The lowest BCUT2D eigenvalue weighted by Crippen LogP contribution is -2.31. The molecule has 7 heteroatoms. The van der Waals surface area contributed by atoms with Gasteiger partial charge in [-0.1, -0.05) is 17.7 Å². The van der Waals surface area contributed by atoms with Crippen LogP contribution in [0.3, 0.4) is 0 Å². The van der Waals surface area contributed by atoms with E-state index in [1.807, 2.05) is 0 Å². The molecular formula is C14H12ClN3O3.